The molecule has 1 aliphatic rings. The van der Waals surface area contributed by atoms with E-state index in [1.807, 2.05) is 6.07 Å². The molecule has 33 heavy (non-hydrogen) atoms. The molecular formula is C23H22BrFN6O2. The quantitative estimate of drug-likeness (QED) is 0.367. The molecule has 1 aromatic carbocycles. The molecule has 4 N–H and O–H groups in total. The van der Waals surface area contributed by atoms with Crippen molar-refractivity contribution in [3.05, 3.63) is 52.6 Å². The summed E-state index contributed by atoms with van der Waals surface area (Å²) < 4.78 is 15.9. The van der Waals surface area contributed by atoms with Gasteiger partial charge in [-0.05, 0) is 65.9 Å². The lowest BCUT2D eigenvalue weighted by Gasteiger charge is -2.27. The van der Waals surface area contributed by atoms with E-state index in [-0.39, 0.29) is 17.8 Å². The minimum Gasteiger partial charge on any atom is -0.481 e. The van der Waals surface area contributed by atoms with Gasteiger partial charge >= 0.3 is 5.97 Å². The summed E-state index contributed by atoms with van der Waals surface area (Å²) in [6.07, 6.45) is 6.36. The zero-order valence-electron chi connectivity index (χ0n) is 17.6. The number of aromatic nitrogens is 4. The Balaban J connectivity index is 1.44. The molecule has 0 bridgehead atoms. The Bertz CT molecular complexity index is 1370. The van der Waals surface area contributed by atoms with E-state index in [4.69, 9.17) is 10.7 Å². The second-order valence-electron chi connectivity index (χ2n) is 8.38. The molecule has 0 spiro atoms. The van der Waals surface area contributed by atoms with Crippen LogP contribution in [0, 0.1) is 11.7 Å². The average Bonchev–Trinajstić information content (AvgIpc) is 3.24. The number of pyridine rings is 1. The number of nitrogens with zero attached hydrogens (tertiary/aromatic N) is 4. The fraction of sp³-hybridized carbons (Fsp3) is 0.304. The predicted octanol–water partition coefficient (Wildman–Crippen LogP) is 4.16. The molecule has 3 aromatic heterocycles. The minimum absolute atomic E-state index is 0.232. The standard InChI is InChI=1S/C23H22BrFN6O2/c24-20-19(11-27-16-4-1-12(2-5-16)23(32)33)30-22-17(10-29-31(22)21(20)26)14-7-13-8-15(25)3-6-18(13)28-9-14/h3,6-10,12,16,27H,1-2,4-5,11,26H2,(H,32,33)/t12-,16-. The Morgan fingerprint density at radius 3 is 2.79 bits per heavy atom. The van der Waals surface area contributed by atoms with E-state index in [0.717, 1.165) is 29.7 Å². The van der Waals surface area contributed by atoms with E-state index >= 15 is 0 Å². The number of carbonyl (C=O) groups is 1. The van der Waals surface area contributed by atoms with E-state index in [1.165, 1.54) is 12.1 Å². The van der Waals surface area contributed by atoms with Crippen LogP contribution in [-0.2, 0) is 11.3 Å². The van der Waals surface area contributed by atoms with Crippen molar-refractivity contribution in [1.82, 2.24) is 24.9 Å². The Kier molecular flexibility index (Phi) is 5.71. The third-order valence-corrected chi connectivity index (χ3v) is 7.14. The molecule has 0 amide bonds. The summed E-state index contributed by atoms with van der Waals surface area (Å²) in [4.78, 5) is 20.4. The predicted molar refractivity (Wildman–Crippen MR) is 126 cm³/mol. The third kappa shape index (κ3) is 4.16. The number of hydrogen-bond donors (Lipinski definition) is 3. The van der Waals surface area contributed by atoms with Crippen LogP contribution in [0.25, 0.3) is 27.7 Å². The van der Waals surface area contributed by atoms with Crippen molar-refractivity contribution in [2.24, 2.45) is 5.92 Å². The average molecular weight is 513 g/mol. The molecule has 10 heteroatoms. The van der Waals surface area contributed by atoms with Crippen LogP contribution < -0.4 is 11.1 Å². The molecule has 1 saturated carbocycles. The molecule has 0 aliphatic heterocycles. The molecule has 170 valence electrons. The van der Waals surface area contributed by atoms with E-state index in [0.29, 0.717) is 46.2 Å². The van der Waals surface area contributed by atoms with Crippen molar-refractivity contribution in [2.75, 3.05) is 5.73 Å². The van der Waals surface area contributed by atoms with Gasteiger partial charge in [0, 0.05) is 35.3 Å². The zero-order chi connectivity index (χ0) is 23.1. The molecule has 1 fully saturated rings. The minimum atomic E-state index is -0.713. The molecule has 1 aliphatic carbocycles. The van der Waals surface area contributed by atoms with E-state index < -0.39 is 5.97 Å². The fourth-order valence-electron chi connectivity index (χ4n) is 4.40. The van der Waals surface area contributed by atoms with Crippen molar-refractivity contribution < 1.29 is 14.3 Å². The highest BCUT2D eigenvalue weighted by atomic mass is 79.9. The SMILES string of the molecule is Nc1c(Br)c(CN[C@H]2CC[C@H](C(=O)O)CC2)nc2c(-c3cnc4ccc(F)cc4c3)cnn12. The van der Waals surface area contributed by atoms with Gasteiger partial charge in [-0.15, -0.1) is 0 Å². The third-order valence-electron chi connectivity index (χ3n) is 6.28. The highest BCUT2D eigenvalue weighted by Crippen LogP contribution is 2.31. The first-order valence-corrected chi connectivity index (χ1v) is 11.5. The number of fused-ring (bicyclic) bond motifs is 2. The van der Waals surface area contributed by atoms with Crippen LogP contribution in [0.1, 0.15) is 31.4 Å². The lowest BCUT2D eigenvalue weighted by atomic mass is 9.86. The van der Waals surface area contributed by atoms with Crippen LogP contribution in [0.5, 0.6) is 0 Å². The maximum absolute atomic E-state index is 13.7. The fourth-order valence-corrected chi connectivity index (χ4v) is 4.80. The number of aliphatic carboxylic acids is 1. The molecule has 0 saturated heterocycles. The van der Waals surface area contributed by atoms with Gasteiger partial charge < -0.3 is 16.2 Å². The monoisotopic (exact) mass is 512 g/mol. The summed E-state index contributed by atoms with van der Waals surface area (Å²) in [6, 6.07) is 6.57. The lowest BCUT2D eigenvalue weighted by Crippen LogP contribution is -2.34. The van der Waals surface area contributed by atoms with Gasteiger partial charge in [0.2, 0.25) is 0 Å². The van der Waals surface area contributed by atoms with E-state index in [1.54, 1.807) is 23.0 Å². The number of carboxylic acids is 1. The van der Waals surface area contributed by atoms with Crippen LogP contribution in [0.15, 0.2) is 41.1 Å². The van der Waals surface area contributed by atoms with Crippen molar-refractivity contribution in [1.29, 1.82) is 0 Å². The van der Waals surface area contributed by atoms with Gasteiger partial charge in [0.05, 0.1) is 27.8 Å². The second-order valence-corrected chi connectivity index (χ2v) is 9.17. The van der Waals surface area contributed by atoms with Crippen LogP contribution in [-0.4, -0.2) is 36.7 Å². The number of anilines is 1. The Morgan fingerprint density at radius 1 is 1.24 bits per heavy atom. The van der Waals surface area contributed by atoms with Crippen molar-refractivity contribution in [3.63, 3.8) is 0 Å². The number of hydrogen-bond acceptors (Lipinski definition) is 6. The van der Waals surface area contributed by atoms with Crippen molar-refractivity contribution >= 4 is 44.3 Å². The van der Waals surface area contributed by atoms with Gasteiger partial charge in [0.1, 0.15) is 11.6 Å². The first-order chi connectivity index (χ1) is 15.9. The number of benzene rings is 1. The van der Waals surface area contributed by atoms with Crippen LogP contribution >= 0.6 is 15.9 Å². The van der Waals surface area contributed by atoms with Gasteiger partial charge in [0.25, 0.3) is 0 Å². The highest BCUT2D eigenvalue weighted by Gasteiger charge is 2.26. The van der Waals surface area contributed by atoms with Crippen molar-refractivity contribution in [2.45, 2.75) is 38.3 Å². The summed E-state index contributed by atoms with van der Waals surface area (Å²) in [5, 5.41) is 17.8. The van der Waals surface area contributed by atoms with Crippen LogP contribution in [0.2, 0.25) is 0 Å². The van der Waals surface area contributed by atoms with E-state index in [9.17, 15) is 14.3 Å². The number of nitrogens with one attached hydrogen (secondary N) is 1. The zero-order valence-corrected chi connectivity index (χ0v) is 19.2. The molecule has 3 heterocycles. The van der Waals surface area contributed by atoms with Crippen molar-refractivity contribution in [3.8, 4) is 11.1 Å². The first-order valence-electron chi connectivity index (χ1n) is 10.7. The molecule has 0 atom stereocenters. The summed E-state index contributed by atoms with van der Waals surface area (Å²) in [5.41, 5.74) is 9.87. The second kappa shape index (κ2) is 8.68. The summed E-state index contributed by atoms with van der Waals surface area (Å²) in [6.45, 7) is 0.482. The number of halogens is 2. The number of rotatable bonds is 5. The summed E-state index contributed by atoms with van der Waals surface area (Å²) >= 11 is 3.54. The van der Waals surface area contributed by atoms with Crippen LogP contribution in [0.4, 0.5) is 10.2 Å². The molecule has 8 nitrogen and oxygen atoms in total. The molecule has 0 radical (unpaired) electrons. The smallest absolute Gasteiger partial charge is 0.306 e. The molecule has 4 aromatic rings. The van der Waals surface area contributed by atoms with Gasteiger partial charge in [0.15, 0.2) is 5.65 Å². The van der Waals surface area contributed by atoms with E-state index in [2.05, 4.69) is 31.3 Å². The Labute approximate surface area is 197 Å². The number of carboxylic acid groups (broad SMARTS) is 1. The number of nitrogens with two attached hydrogens (primary N) is 1. The summed E-state index contributed by atoms with van der Waals surface area (Å²) in [5.74, 6) is -0.857. The first kappa shape index (κ1) is 21.7. The normalized spacial score (nSPS) is 18.7. The van der Waals surface area contributed by atoms with Gasteiger partial charge in [-0.3, -0.25) is 9.78 Å². The molecular weight excluding hydrogens is 491 g/mol. The largest absolute Gasteiger partial charge is 0.481 e. The lowest BCUT2D eigenvalue weighted by molar-refractivity contribution is -0.142. The highest BCUT2D eigenvalue weighted by molar-refractivity contribution is 9.10. The number of nitrogen functional groups attached to an aromatic ring is 1. The Hall–Kier alpha value is -3.11. The topological polar surface area (TPSA) is 118 Å². The van der Waals surface area contributed by atoms with Gasteiger partial charge in [-0.1, -0.05) is 0 Å². The van der Waals surface area contributed by atoms with Gasteiger partial charge in [-0.25, -0.2) is 9.37 Å². The van der Waals surface area contributed by atoms with Gasteiger partial charge in [-0.2, -0.15) is 9.61 Å². The maximum Gasteiger partial charge on any atom is 0.306 e. The maximum atomic E-state index is 13.7. The Morgan fingerprint density at radius 2 is 2.03 bits per heavy atom. The van der Waals surface area contributed by atoms with Crippen LogP contribution in [0.3, 0.4) is 0 Å². The summed E-state index contributed by atoms with van der Waals surface area (Å²) in [7, 11) is 0. The molecule has 0 unspecified atom stereocenters. The molecule has 5 rings (SSSR count).